The molecule has 1 aliphatic carbocycles. The number of aryl methyl sites for hydroxylation is 1. The van der Waals surface area contributed by atoms with Crippen LogP contribution in [-0.4, -0.2) is 18.2 Å². The van der Waals surface area contributed by atoms with E-state index in [0.29, 0.717) is 16.7 Å². The van der Waals surface area contributed by atoms with Gasteiger partial charge in [-0.25, -0.2) is 4.79 Å². The minimum Gasteiger partial charge on any atom is -0.496 e. The molecule has 1 N–H and O–H groups in total. The van der Waals surface area contributed by atoms with Gasteiger partial charge in [-0.05, 0) is 49.0 Å². The van der Waals surface area contributed by atoms with Crippen molar-refractivity contribution in [3.05, 3.63) is 34.4 Å². The topological polar surface area (TPSA) is 46.5 Å². The van der Waals surface area contributed by atoms with Gasteiger partial charge in [-0.3, -0.25) is 0 Å². The van der Waals surface area contributed by atoms with E-state index in [4.69, 9.17) is 21.4 Å². The average molecular weight is 267 g/mol. The normalized spacial score (nSPS) is 15.6. The number of carbonyl (C=O) groups is 1. The Kier molecular flexibility index (Phi) is 3.62. The predicted octanol–water partition coefficient (Wildman–Crippen LogP) is 3.54. The fraction of sp³-hybridized carbons (Fsp3) is 0.357. The maximum Gasteiger partial charge on any atom is 0.328 e. The van der Waals surface area contributed by atoms with Gasteiger partial charge >= 0.3 is 5.97 Å². The molecule has 0 aliphatic heterocycles. The zero-order valence-electron chi connectivity index (χ0n) is 10.4. The predicted molar refractivity (Wildman–Crippen MR) is 71.1 cm³/mol. The van der Waals surface area contributed by atoms with Gasteiger partial charge in [0, 0.05) is 16.7 Å². The standard InChI is InChI=1S/C14H15ClO3/c1-8-5-10(15)6-12(14(8)18-2)11(7-13(16)17)9-3-4-9/h5-7,9H,3-4H2,1-2H3,(H,16,17)/b11-7+. The molecule has 2 rings (SSSR count). The molecule has 1 aromatic carbocycles. The molecule has 1 saturated carbocycles. The third-order valence-electron chi connectivity index (χ3n) is 3.05. The number of hydrogen-bond donors (Lipinski definition) is 1. The van der Waals surface area contributed by atoms with Crippen LogP contribution in [0.5, 0.6) is 5.75 Å². The molecule has 0 unspecified atom stereocenters. The first kappa shape index (κ1) is 13.0. The smallest absolute Gasteiger partial charge is 0.328 e. The van der Waals surface area contributed by atoms with Gasteiger partial charge in [0.2, 0.25) is 0 Å². The lowest BCUT2D eigenvalue weighted by molar-refractivity contribution is -0.131. The van der Waals surface area contributed by atoms with E-state index in [0.717, 1.165) is 29.5 Å². The van der Waals surface area contributed by atoms with Gasteiger partial charge in [-0.15, -0.1) is 0 Å². The van der Waals surface area contributed by atoms with E-state index in [-0.39, 0.29) is 0 Å². The molecule has 0 bridgehead atoms. The first-order valence-corrected chi connectivity index (χ1v) is 6.19. The van der Waals surface area contributed by atoms with Crippen molar-refractivity contribution in [2.75, 3.05) is 7.11 Å². The van der Waals surface area contributed by atoms with Crippen LogP contribution in [0.4, 0.5) is 0 Å². The number of aliphatic carboxylic acids is 1. The summed E-state index contributed by atoms with van der Waals surface area (Å²) in [6, 6.07) is 3.59. The summed E-state index contributed by atoms with van der Waals surface area (Å²) in [5, 5.41) is 9.57. The van der Waals surface area contributed by atoms with Crippen LogP contribution < -0.4 is 4.74 Å². The molecule has 3 nitrogen and oxygen atoms in total. The largest absolute Gasteiger partial charge is 0.496 e. The van der Waals surface area contributed by atoms with Gasteiger partial charge in [0.25, 0.3) is 0 Å². The Bertz CT molecular complexity index is 516. The Balaban J connectivity index is 2.56. The van der Waals surface area contributed by atoms with Gasteiger partial charge in [0.15, 0.2) is 0 Å². The van der Waals surface area contributed by atoms with Crippen LogP contribution in [0.15, 0.2) is 18.2 Å². The Morgan fingerprint density at radius 3 is 2.67 bits per heavy atom. The molecule has 4 heteroatoms. The lowest BCUT2D eigenvalue weighted by Crippen LogP contribution is -1.99. The highest BCUT2D eigenvalue weighted by molar-refractivity contribution is 6.31. The van der Waals surface area contributed by atoms with Crippen molar-refractivity contribution in [1.29, 1.82) is 0 Å². The molecule has 96 valence electrons. The zero-order valence-corrected chi connectivity index (χ0v) is 11.1. The number of carboxylic acid groups (broad SMARTS) is 1. The maximum atomic E-state index is 10.9. The Hall–Kier alpha value is -1.48. The molecular formula is C14H15ClO3. The fourth-order valence-electron chi connectivity index (χ4n) is 2.16. The zero-order chi connectivity index (χ0) is 13.3. The van der Waals surface area contributed by atoms with E-state index in [2.05, 4.69) is 0 Å². The number of methoxy groups -OCH3 is 1. The third kappa shape index (κ3) is 2.67. The fourth-order valence-corrected chi connectivity index (χ4v) is 2.43. The number of benzene rings is 1. The number of allylic oxidation sites excluding steroid dienone is 1. The van der Waals surface area contributed by atoms with Crippen molar-refractivity contribution < 1.29 is 14.6 Å². The van der Waals surface area contributed by atoms with Crippen molar-refractivity contribution >= 4 is 23.1 Å². The average Bonchev–Trinajstić information content (AvgIpc) is 3.08. The molecule has 0 spiro atoms. The SMILES string of the molecule is COc1c(C)cc(Cl)cc1/C(=C/C(=O)O)C1CC1. The molecule has 0 amide bonds. The highest BCUT2D eigenvalue weighted by atomic mass is 35.5. The van der Waals surface area contributed by atoms with Crippen molar-refractivity contribution in [2.24, 2.45) is 5.92 Å². The van der Waals surface area contributed by atoms with E-state index in [1.807, 2.05) is 13.0 Å². The molecule has 1 aromatic rings. The number of carboxylic acids is 1. The number of rotatable bonds is 4. The lowest BCUT2D eigenvalue weighted by atomic mass is 9.97. The van der Waals surface area contributed by atoms with Gasteiger partial charge in [0.05, 0.1) is 7.11 Å². The molecule has 0 aromatic heterocycles. The molecular weight excluding hydrogens is 252 g/mol. The molecule has 0 saturated heterocycles. The highest BCUT2D eigenvalue weighted by Gasteiger charge is 2.29. The minimum absolute atomic E-state index is 0.313. The Morgan fingerprint density at radius 2 is 2.17 bits per heavy atom. The molecule has 18 heavy (non-hydrogen) atoms. The molecule has 1 aliphatic rings. The quantitative estimate of drug-likeness (QED) is 0.848. The third-order valence-corrected chi connectivity index (χ3v) is 3.27. The van der Waals surface area contributed by atoms with Gasteiger partial charge in [0.1, 0.15) is 5.75 Å². The summed E-state index contributed by atoms with van der Waals surface area (Å²) in [7, 11) is 1.59. The lowest BCUT2D eigenvalue weighted by Gasteiger charge is -2.14. The second-order valence-electron chi connectivity index (χ2n) is 4.52. The van der Waals surface area contributed by atoms with Crippen LogP contribution in [0.1, 0.15) is 24.0 Å². The summed E-state index contributed by atoms with van der Waals surface area (Å²) in [5.41, 5.74) is 2.52. The second-order valence-corrected chi connectivity index (χ2v) is 4.95. The van der Waals surface area contributed by atoms with E-state index in [1.165, 1.54) is 6.08 Å². The van der Waals surface area contributed by atoms with Crippen molar-refractivity contribution in [1.82, 2.24) is 0 Å². The van der Waals surface area contributed by atoms with Crippen molar-refractivity contribution in [3.63, 3.8) is 0 Å². The van der Waals surface area contributed by atoms with Gasteiger partial charge in [-0.1, -0.05) is 11.6 Å². The maximum absolute atomic E-state index is 10.9. The van der Waals surface area contributed by atoms with Crippen molar-refractivity contribution in [3.8, 4) is 5.75 Å². The highest BCUT2D eigenvalue weighted by Crippen LogP contribution is 2.45. The first-order chi connectivity index (χ1) is 8.52. The monoisotopic (exact) mass is 266 g/mol. The van der Waals surface area contributed by atoms with E-state index < -0.39 is 5.97 Å². The molecule has 0 radical (unpaired) electrons. The molecule has 0 heterocycles. The van der Waals surface area contributed by atoms with Crippen LogP contribution >= 0.6 is 11.6 Å². The minimum atomic E-state index is -0.934. The number of ether oxygens (including phenoxy) is 1. The molecule has 0 atom stereocenters. The summed E-state index contributed by atoms with van der Waals surface area (Å²) in [5.74, 6) is 0.0863. The van der Waals surface area contributed by atoms with Crippen LogP contribution in [0.3, 0.4) is 0 Å². The van der Waals surface area contributed by atoms with Crippen molar-refractivity contribution in [2.45, 2.75) is 19.8 Å². The summed E-state index contributed by atoms with van der Waals surface area (Å²) >= 11 is 6.05. The van der Waals surface area contributed by atoms with Crippen LogP contribution in [-0.2, 0) is 4.79 Å². The summed E-state index contributed by atoms with van der Waals surface area (Å²) in [6.45, 7) is 1.90. The van der Waals surface area contributed by atoms with Gasteiger partial charge in [-0.2, -0.15) is 0 Å². The second kappa shape index (κ2) is 5.02. The van der Waals surface area contributed by atoms with E-state index >= 15 is 0 Å². The van der Waals surface area contributed by atoms with E-state index in [9.17, 15) is 4.79 Å². The van der Waals surface area contributed by atoms with E-state index in [1.54, 1.807) is 13.2 Å². The first-order valence-electron chi connectivity index (χ1n) is 5.82. The van der Waals surface area contributed by atoms with Crippen LogP contribution in [0.25, 0.3) is 5.57 Å². The molecule has 1 fully saturated rings. The summed E-state index contributed by atoms with van der Waals surface area (Å²) in [6.07, 6.45) is 3.31. The number of halogens is 1. The Labute approximate surface area is 111 Å². The summed E-state index contributed by atoms with van der Waals surface area (Å²) in [4.78, 5) is 10.9. The van der Waals surface area contributed by atoms with Crippen LogP contribution in [0.2, 0.25) is 5.02 Å². The number of hydrogen-bond acceptors (Lipinski definition) is 2. The Morgan fingerprint density at radius 1 is 1.50 bits per heavy atom. The van der Waals surface area contributed by atoms with Gasteiger partial charge < -0.3 is 9.84 Å². The van der Waals surface area contributed by atoms with Crippen LogP contribution in [0, 0.1) is 12.8 Å². The summed E-state index contributed by atoms with van der Waals surface area (Å²) < 4.78 is 5.38.